The molecule has 0 radical (unpaired) electrons. The molecule has 2 aromatic carbocycles. The number of nitrogens with zero attached hydrogens (tertiary/aromatic N) is 9. The van der Waals surface area contributed by atoms with E-state index in [0.717, 1.165) is 29.2 Å². The molecular formula is C25H18FN9. The van der Waals surface area contributed by atoms with Gasteiger partial charge in [-0.15, -0.1) is 10.2 Å². The van der Waals surface area contributed by atoms with Crippen LogP contribution in [0.3, 0.4) is 0 Å². The molecule has 10 heteroatoms. The fourth-order valence-corrected chi connectivity index (χ4v) is 4.41. The van der Waals surface area contributed by atoms with Crippen LogP contribution in [0.15, 0.2) is 73.4 Å². The van der Waals surface area contributed by atoms with Crippen molar-refractivity contribution in [3.8, 4) is 29.1 Å². The van der Waals surface area contributed by atoms with Crippen LogP contribution in [0.2, 0.25) is 0 Å². The Labute approximate surface area is 199 Å². The Kier molecular flexibility index (Phi) is 4.81. The highest BCUT2D eigenvalue weighted by Crippen LogP contribution is 2.43. The Morgan fingerprint density at radius 2 is 1.94 bits per heavy atom. The fraction of sp³-hybridized carbons (Fsp3) is 0.120. The minimum Gasteiger partial charge on any atom is -0.314 e. The van der Waals surface area contributed by atoms with Crippen molar-refractivity contribution >= 4 is 11.5 Å². The van der Waals surface area contributed by atoms with Gasteiger partial charge in [-0.25, -0.2) is 14.4 Å². The third kappa shape index (κ3) is 3.33. The molecule has 6 rings (SSSR count). The molecule has 0 N–H and O–H groups in total. The summed E-state index contributed by atoms with van der Waals surface area (Å²) in [4.78, 5) is 16.1. The number of anilines is 2. The number of nitriles is 1. The van der Waals surface area contributed by atoms with Crippen molar-refractivity contribution in [3.05, 3.63) is 90.7 Å². The van der Waals surface area contributed by atoms with Gasteiger partial charge in [-0.3, -0.25) is 9.13 Å². The molecule has 0 bridgehead atoms. The van der Waals surface area contributed by atoms with E-state index in [1.165, 1.54) is 12.1 Å². The SMILES string of the molecule is CC[C@H]1c2nncn2-c2cnc(-n3ccnc3-c3ccc(F)cc3)nc2N1c1cccc(C#N)c1. The summed E-state index contributed by atoms with van der Waals surface area (Å²) >= 11 is 0. The molecule has 0 saturated carbocycles. The van der Waals surface area contributed by atoms with Gasteiger partial charge in [0.05, 0.1) is 23.9 Å². The lowest BCUT2D eigenvalue weighted by molar-refractivity contribution is 0.588. The van der Waals surface area contributed by atoms with E-state index in [2.05, 4.69) is 38.1 Å². The minimum absolute atomic E-state index is 0.152. The van der Waals surface area contributed by atoms with Crippen LogP contribution in [0.1, 0.15) is 30.8 Å². The van der Waals surface area contributed by atoms with Gasteiger partial charge in [0.15, 0.2) is 11.6 Å². The van der Waals surface area contributed by atoms with E-state index in [-0.39, 0.29) is 11.9 Å². The molecule has 1 atom stereocenters. The van der Waals surface area contributed by atoms with E-state index >= 15 is 0 Å². The van der Waals surface area contributed by atoms with Crippen LogP contribution >= 0.6 is 0 Å². The second-order valence-electron chi connectivity index (χ2n) is 8.02. The summed E-state index contributed by atoms with van der Waals surface area (Å²) in [5.41, 5.74) is 2.84. The molecule has 1 aliphatic rings. The van der Waals surface area contributed by atoms with Gasteiger partial charge >= 0.3 is 0 Å². The lowest BCUT2D eigenvalue weighted by Gasteiger charge is -2.36. The first-order chi connectivity index (χ1) is 17.2. The third-order valence-corrected chi connectivity index (χ3v) is 6.01. The fourth-order valence-electron chi connectivity index (χ4n) is 4.41. The van der Waals surface area contributed by atoms with Crippen LogP contribution in [0.5, 0.6) is 0 Å². The number of imidazole rings is 1. The number of hydrogen-bond donors (Lipinski definition) is 0. The predicted molar refractivity (Wildman–Crippen MR) is 126 cm³/mol. The smallest absolute Gasteiger partial charge is 0.237 e. The second kappa shape index (κ2) is 8.14. The molecule has 0 unspecified atom stereocenters. The Morgan fingerprint density at radius 1 is 1.09 bits per heavy atom. The van der Waals surface area contributed by atoms with Crippen molar-refractivity contribution < 1.29 is 4.39 Å². The maximum atomic E-state index is 13.5. The van der Waals surface area contributed by atoms with Gasteiger partial charge in [0.2, 0.25) is 5.95 Å². The lowest BCUT2D eigenvalue weighted by Crippen LogP contribution is -2.32. The minimum atomic E-state index is -0.317. The van der Waals surface area contributed by atoms with Crippen molar-refractivity contribution in [1.82, 2.24) is 34.3 Å². The molecule has 0 aliphatic carbocycles. The van der Waals surface area contributed by atoms with Crippen molar-refractivity contribution in [3.63, 3.8) is 0 Å². The summed E-state index contributed by atoms with van der Waals surface area (Å²) in [5.74, 6) is 2.11. The monoisotopic (exact) mass is 463 g/mol. The van der Waals surface area contributed by atoms with Gasteiger partial charge in [0.1, 0.15) is 23.7 Å². The summed E-state index contributed by atoms with van der Waals surface area (Å²) in [6.45, 7) is 2.07. The van der Waals surface area contributed by atoms with Crippen molar-refractivity contribution in [2.75, 3.05) is 4.90 Å². The zero-order chi connectivity index (χ0) is 23.9. The Hall–Kier alpha value is -4.91. The zero-order valence-electron chi connectivity index (χ0n) is 18.6. The molecule has 0 fully saturated rings. The highest BCUT2D eigenvalue weighted by molar-refractivity contribution is 5.72. The molecule has 170 valence electrons. The number of fused-ring (bicyclic) bond motifs is 3. The first-order valence-corrected chi connectivity index (χ1v) is 11.0. The van der Waals surface area contributed by atoms with Crippen molar-refractivity contribution in [2.45, 2.75) is 19.4 Å². The summed E-state index contributed by atoms with van der Waals surface area (Å²) in [6.07, 6.45) is 7.55. The highest BCUT2D eigenvalue weighted by atomic mass is 19.1. The Bertz CT molecular complexity index is 1580. The molecule has 5 aromatic rings. The van der Waals surface area contributed by atoms with Gasteiger partial charge in [-0.1, -0.05) is 13.0 Å². The second-order valence-corrected chi connectivity index (χ2v) is 8.02. The molecular weight excluding hydrogens is 445 g/mol. The van der Waals surface area contributed by atoms with E-state index in [1.807, 2.05) is 22.8 Å². The van der Waals surface area contributed by atoms with Crippen LogP contribution in [-0.2, 0) is 0 Å². The number of hydrogen-bond acceptors (Lipinski definition) is 7. The van der Waals surface area contributed by atoms with Gasteiger partial charge in [0.25, 0.3) is 0 Å². The van der Waals surface area contributed by atoms with Crippen LogP contribution in [0, 0.1) is 17.1 Å². The van der Waals surface area contributed by atoms with E-state index in [0.29, 0.717) is 23.2 Å². The zero-order valence-corrected chi connectivity index (χ0v) is 18.6. The van der Waals surface area contributed by atoms with Crippen molar-refractivity contribution in [1.29, 1.82) is 5.26 Å². The average Bonchev–Trinajstić information content (AvgIpc) is 3.58. The first kappa shape index (κ1) is 20.7. The normalized spacial score (nSPS) is 14.3. The highest BCUT2D eigenvalue weighted by Gasteiger charge is 2.35. The molecule has 9 nitrogen and oxygen atoms in total. The number of aromatic nitrogens is 7. The van der Waals surface area contributed by atoms with Crippen LogP contribution < -0.4 is 4.90 Å². The van der Waals surface area contributed by atoms with E-state index < -0.39 is 0 Å². The standard InChI is InChI=1S/C25H18FN9/c1-2-20-24-32-30-15-34(24)21-14-29-25(31-23(21)35(20)19-5-3-4-16(12-19)13-27)33-11-10-28-22(33)17-6-8-18(26)9-7-17/h3-12,14-15,20H,2H2,1H3/t20-/m0/s1. The van der Waals surface area contributed by atoms with E-state index in [1.54, 1.807) is 47.7 Å². The maximum absolute atomic E-state index is 13.5. The quantitative estimate of drug-likeness (QED) is 0.386. The number of halogens is 1. The molecule has 4 heterocycles. The van der Waals surface area contributed by atoms with Gasteiger partial charge in [0, 0.05) is 23.6 Å². The molecule has 35 heavy (non-hydrogen) atoms. The summed E-state index contributed by atoms with van der Waals surface area (Å²) < 4.78 is 17.1. The summed E-state index contributed by atoms with van der Waals surface area (Å²) in [5, 5.41) is 18.0. The van der Waals surface area contributed by atoms with Crippen LogP contribution in [-0.4, -0.2) is 34.3 Å². The molecule has 1 aliphatic heterocycles. The molecule has 0 spiro atoms. The van der Waals surface area contributed by atoms with Gasteiger partial charge < -0.3 is 4.90 Å². The third-order valence-electron chi connectivity index (χ3n) is 6.01. The Balaban J connectivity index is 1.55. The van der Waals surface area contributed by atoms with E-state index in [4.69, 9.17) is 4.98 Å². The number of benzene rings is 2. The van der Waals surface area contributed by atoms with Gasteiger partial charge in [-0.2, -0.15) is 10.2 Å². The summed E-state index contributed by atoms with van der Waals surface area (Å²) in [6, 6.07) is 15.6. The van der Waals surface area contributed by atoms with Crippen LogP contribution in [0.4, 0.5) is 15.9 Å². The van der Waals surface area contributed by atoms with Gasteiger partial charge in [-0.05, 0) is 48.9 Å². The maximum Gasteiger partial charge on any atom is 0.237 e. The van der Waals surface area contributed by atoms with Crippen LogP contribution in [0.25, 0.3) is 23.0 Å². The predicted octanol–water partition coefficient (Wildman–Crippen LogP) is 4.52. The number of rotatable bonds is 4. The largest absolute Gasteiger partial charge is 0.314 e. The molecule has 0 amide bonds. The average molecular weight is 463 g/mol. The molecule has 3 aromatic heterocycles. The molecule has 0 saturated heterocycles. The Morgan fingerprint density at radius 3 is 2.74 bits per heavy atom. The van der Waals surface area contributed by atoms with Crippen molar-refractivity contribution in [2.24, 2.45) is 0 Å². The topological polar surface area (TPSA) is 101 Å². The summed E-state index contributed by atoms with van der Waals surface area (Å²) in [7, 11) is 0. The lowest BCUT2D eigenvalue weighted by atomic mass is 10.1. The first-order valence-electron chi connectivity index (χ1n) is 11.0. The van der Waals surface area contributed by atoms with E-state index in [9.17, 15) is 9.65 Å².